The van der Waals surface area contributed by atoms with Crippen LogP contribution >= 0.6 is 0 Å². The van der Waals surface area contributed by atoms with Gasteiger partial charge in [-0.2, -0.15) is 5.26 Å². The second kappa shape index (κ2) is 6.10. The van der Waals surface area contributed by atoms with E-state index in [0.29, 0.717) is 23.8 Å². The molecule has 0 atom stereocenters. The number of hydrogen-bond acceptors (Lipinski definition) is 5. The summed E-state index contributed by atoms with van der Waals surface area (Å²) < 4.78 is 11.0. The van der Waals surface area contributed by atoms with Crippen LogP contribution in [-0.2, 0) is 6.61 Å². The molecule has 0 saturated heterocycles. The van der Waals surface area contributed by atoms with Gasteiger partial charge in [0.05, 0.1) is 11.1 Å². The standard InChI is InChI=1S/C17H13N3O2/c1-12-15(11-21-16-8-7-13(9-18)10-19-16)17(20-22-12)14-5-3-2-4-6-14/h2-8,10H,11H2,1H3. The fourth-order valence-electron chi connectivity index (χ4n) is 2.06. The third-order valence-electron chi connectivity index (χ3n) is 3.26. The number of rotatable bonds is 4. The summed E-state index contributed by atoms with van der Waals surface area (Å²) in [6.45, 7) is 2.16. The molecule has 0 aliphatic heterocycles. The van der Waals surface area contributed by atoms with Crippen LogP contribution in [0.1, 0.15) is 16.9 Å². The first-order valence-corrected chi connectivity index (χ1v) is 6.77. The topological polar surface area (TPSA) is 71.9 Å². The Kier molecular flexibility index (Phi) is 3.84. The van der Waals surface area contributed by atoms with E-state index >= 15 is 0 Å². The zero-order valence-electron chi connectivity index (χ0n) is 12.0. The number of pyridine rings is 1. The van der Waals surface area contributed by atoms with E-state index in [9.17, 15) is 0 Å². The Morgan fingerprint density at radius 2 is 2.00 bits per heavy atom. The Balaban J connectivity index is 1.81. The molecular weight excluding hydrogens is 278 g/mol. The number of aromatic nitrogens is 2. The first-order valence-electron chi connectivity index (χ1n) is 6.77. The van der Waals surface area contributed by atoms with E-state index in [0.717, 1.165) is 16.8 Å². The highest BCUT2D eigenvalue weighted by molar-refractivity contribution is 5.63. The van der Waals surface area contributed by atoms with E-state index in [1.807, 2.05) is 43.3 Å². The van der Waals surface area contributed by atoms with Crippen molar-refractivity contribution in [2.45, 2.75) is 13.5 Å². The minimum Gasteiger partial charge on any atom is -0.473 e. The van der Waals surface area contributed by atoms with Gasteiger partial charge in [-0.05, 0) is 13.0 Å². The zero-order valence-corrected chi connectivity index (χ0v) is 12.0. The van der Waals surface area contributed by atoms with Crippen LogP contribution in [0.25, 0.3) is 11.3 Å². The molecule has 0 bridgehead atoms. The minimum atomic E-state index is 0.304. The highest BCUT2D eigenvalue weighted by atomic mass is 16.5. The van der Waals surface area contributed by atoms with E-state index < -0.39 is 0 Å². The Morgan fingerprint density at radius 3 is 2.68 bits per heavy atom. The van der Waals surface area contributed by atoms with E-state index in [1.165, 1.54) is 6.20 Å². The van der Waals surface area contributed by atoms with E-state index in [2.05, 4.69) is 10.1 Å². The average Bonchev–Trinajstić information content (AvgIpc) is 2.95. The van der Waals surface area contributed by atoms with Gasteiger partial charge in [0.1, 0.15) is 24.1 Å². The number of ether oxygens (including phenoxy) is 1. The molecule has 108 valence electrons. The molecule has 1 aromatic carbocycles. The summed E-state index contributed by atoms with van der Waals surface area (Å²) in [6, 6.07) is 15.2. The highest BCUT2D eigenvalue weighted by Gasteiger charge is 2.15. The van der Waals surface area contributed by atoms with Crippen LogP contribution in [0, 0.1) is 18.3 Å². The minimum absolute atomic E-state index is 0.304. The van der Waals surface area contributed by atoms with Gasteiger partial charge >= 0.3 is 0 Å². The predicted molar refractivity (Wildman–Crippen MR) is 80.0 cm³/mol. The van der Waals surface area contributed by atoms with Crippen LogP contribution in [0.4, 0.5) is 0 Å². The van der Waals surface area contributed by atoms with Crippen molar-refractivity contribution in [1.29, 1.82) is 5.26 Å². The van der Waals surface area contributed by atoms with Crippen LogP contribution in [-0.4, -0.2) is 10.1 Å². The van der Waals surface area contributed by atoms with Gasteiger partial charge in [-0.15, -0.1) is 0 Å². The molecule has 3 rings (SSSR count). The second-order valence-electron chi connectivity index (χ2n) is 4.72. The third kappa shape index (κ3) is 2.81. The summed E-state index contributed by atoms with van der Waals surface area (Å²) in [4.78, 5) is 4.09. The molecule has 2 aromatic heterocycles. The Hall–Kier alpha value is -3.13. The van der Waals surface area contributed by atoms with Gasteiger partial charge in [0.25, 0.3) is 0 Å². The molecule has 22 heavy (non-hydrogen) atoms. The van der Waals surface area contributed by atoms with E-state index in [1.54, 1.807) is 12.1 Å². The number of hydrogen-bond donors (Lipinski definition) is 0. The fourth-order valence-corrected chi connectivity index (χ4v) is 2.06. The summed E-state index contributed by atoms with van der Waals surface area (Å²) in [5.41, 5.74) is 3.13. The number of benzene rings is 1. The van der Waals surface area contributed by atoms with Crippen molar-refractivity contribution in [2.24, 2.45) is 0 Å². The lowest BCUT2D eigenvalue weighted by atomic mass is 10.1. The lowest BCUT2D eigenvalue weighted by Crippen LogP contribution is -1.99. The van der Waals surface area contributed by atoms with Crippen LogP contribution in [0.15, 0.2) is 53.2 Å². The predicted octanol–water partition coefficient (Wildman–Crippen LogP) is 3.50. The molecule has 0 fully saturated rings. The first-order chi connectivity index (χ1) is 10.8. The maximum absolute atomic E-state index is 8.76. The maximum atomic E-state index is 8.76. The monoisotopic (exact) mass is 291 g/mol. The summed E-state index contributed by atoms with van der Waals surface area (Å²) in [7, 11) is 0. The van der Waals surface area contributed by atoms with Gasteiger partial charge in [-0.25, -0.2) is 4.98 Å². The Bertz CT molecular complexity index is 802. The normalized spacial score (nSPS) is 10.2. The van der Waals surface area contributed by atoms with Crippen molar-refractivity contribution >= 4 is 0 Å². The molecule has 0 unspecified atom stereocenters. The van der Waals surface area contributed by atoms with Gasteiger partial charge < -0.3 is 9.26 Å². The average molecular weight is 291 g/mol. The molecule has 0 radical (unpaired) electrons. The zero-order chi connectivity index (χ0) is 15.4. The van der Waals surface area contributed by atoms with Crippen LogP contribution in [0.2, 0.25) is 0 Å². The molecule has 2 heterocycles. The third-order valence-corrected chi connectivity index (χ3v) is 3.26. The van der Waals surface area contributed by atoms with Gasteiger partial charge in [0.15, 0.2) is 0 Å². The molecule has 0 saturated carbocycles. The van der Waals surface area contributed by atoms with Crippen molar-refractivity contribution in [3.05, 3.63) is 65.5 Å². The van der Waals surface area contributed by atoms with Crippen molar-refractivity contribution in [3.63, 3.8) is 0 Å². The van der Waals surface area contributed by atoms with Crippen molar-refractivity contribution in [3.8, 4) is 23.2 Å². The van der Waals surface area contributed by atoms with Crippen LogP contribution in [0.3, 0.4) is 0 Å². The maximum Gasteiger partial charge on any atom is 0.213 e. The summed E-state index contributed by atoms with van der Waals surface area (Å²) in [5, 5.41) is 12.9. The number of nitriles is 1. The SMILES string of the molecule is Cc1onc(-c2ccccc2)c1COc1ccc(C#N)cn1. The molecule has 0 aliphatic carbocycles. The van der Waals surface area contributed by atoms with Gasteiger partial charge in [0, 0.05) is 17.8 Å². The summed E-state index contributed by atoms with van der Waals surface area (Å²) in [6.07, 6.45) is 1.48. The van der Waals surface area contributed by atoms with Crippen molar-refractivity contribution in [1.82, 2.24) is 10.1 Å². The molecule has 0 amide bonds. The Labute approximate surface area is 127 Å². The summed E-state index contributed by atoms with van der Waals surface area (Å²) >= 11 is 0. The lowest BCUT2D eigenvalue weighted by Gasteiger charge is -2.06. The molecular formula is C17H13N3O2. The van der Waals surface area contributed by atoms with Gasteiger partial charge in [0.2, 0.25) is 5.88 Å². The highest BCUT2D eigenvalue weighted by Crippen LogP contribution is 2.26. The quantitative estimate of drug-likeness (QED) is 0.735. The van der Waals surface area contributed by atoms with Crippen molar-refractivity contribution in [2.75, 3.05) is 0 Å². The number of nitrogens with zero attached hydrogens (tertiary/aromatic N) is 3. The van der Waals surface area contributed by atoms with Gasteiger partial charge in [-0.3, -0.25) is 0 Å². The molecule has 5 heteroatoms. The van der Waals surface area contributed by atoms with Crippen LogP contribution < -0.4 is 4.74 Å². The lowest BCUT2D eigenvalue weighted by molar-refractivity contribution is 0.290. The molecule has 0 N–H and O–H groups in total. The molecule has 3 aromatic rings. The first kappa shape index (κ1) is 13.8. The van der Waals surface area contributed by atoms with E-state index in [-0.39, 0.29) is 0 Å². The van der Waals surface area contributed by atoms with E-state index in [4.69, 9.17) is 14.5 Å². The molecule has 0 spiro atoms. The molecule has 5 nitrogen and oxygen atoms in total. The van der Waals surface area contributed by atoms with Crippen LogP contribution in [0.5, 0.6) is 5.88 Å². The molecule has 0 aliphatic rings. The largest absolute Gasteiger partial charge is 0.473 e. The second-order valence-corrected chi connectivity index (χ2v) is 4.72. The van der Waals surface area contributed by atoms with Gasteiger partial charge in [-0.1, -0.05) is 35.5 Å². The fraction of sp³-hybridized carbons (Fsp3) is 0.118. The summed E-state index contributed by atoms with van der Waals surface area (Å²) in [5.74, 6) is 1.17. The Morgan fingerprint density at radius 1 is 1.18 bits per heavy atom. The number of aryl methyl sites for hydroxylation is 1. The smallest absolute Gasteiger partial charge is 0.213 e. The van der Waals surface area contributed by atoms with Crippen molar-refractivity contribution < 1.29 is 9.26 Å².